The van der Waals surface area contributed by atoms with Crippen molar-refractivity contribution in [1.82, 2.24) is 20.3 Å². The van der Waals surface area contributed by atoms with Crippen LogP contribution in [0.1, 0.15) is 11.3 Å². The minimum absolute atomic E-state index is 0.170. The molecule has 0 radical (unpaired) electrons. The summed E-state index contributed by atoms with van der Waals surface area (Å²) < 4.78 is 39.2. The Morgan fingerprint density at radius 3 is 2.64 bits per heavy atom. The van der Waals surface area contributed by atoms with Crippen LogP contribution in [-0.4, -0.2) is 88.1 Å². The molecular formula is C29H27F2N5O6S3. The first kappa shape index (κ1) is 32.6. The third-order valence-electron chi connectivity index (χ3n) is 6.64. The van der Waals surface area contributed by atoms with E-state index in [1.165, 1.54) is 11.4 Å². The summed E-state index contributed by atoms with van der Waals surface area (Å²) in [7, 11) is 0. The first-order valence-electron chi connectivity index (χ1n) is 13.7. The molecule has 3 N–H and O–H groups in total. The number of nitrogens with zero attached hydrogens (tertiary/aromatic N) is 3. The molecule has 11 nitrogen and oxygen atoms in total. The molecule has 2 aromatic carbocycles. The summed E-state index contributed by atoms with van der Waals surface area (Å²) in [5, 5.41) is 14.3. The van der Waals surface area contributed by atoms with Gasteiger partial charge in [-0.25, -0.2) is 24.2 Å². The number of carboxylic acids is 1. The first-order valence-corrected chi connectivity index (χ1v) is 15.8. The van der Waals surface area contributed by atoms with E-state index in [-0.39, 0.29) is 27.3 Å². The summed E-state index contributed by atoms with van der Waals surface area (Å²) in [5.41, 5.74) is 4.59. The average molecular weight is 676 g/mol. The first-order chi connectivity index (χ1) is 21.7. The number of benzene rings is 2. The quantitative estimate of drug-likeness (QED) is 0.192. The van der Waals surface area contributed by atoms with Crippen LogP contribution in [0.4, 0.5) is 13.9 Å². The number of thiazole rings is 1. The van der Waals surface area contributed by atoms with E-state index < -0.39 is 29.4 Å². The van der Waals surface area contributed by atoms with Crippen LogP contribution < -0.4 is 15.5 Å². The number of halogens is 2. The van der Waals surface area contributed by atoms with Crippen molar-refractivity contribution in [3.8, 4) is 16.9 Å². The fourth-order valence-corrected chi connectivity index (χ4v) is 6.35. The van der Waals surface area contributed by atoms with Gasteiger partial charge in [-0.1, -0.05) is 36.1 Å². The molecule has 2 amide bonds. The maximum absolute atomic E-state index is 14.0. The van der Waals surface area contributed by atoms with Crippen molar-refractivity contribution in [2.24, 2.45) is 0 Å². The molecule has 3 heterocycles. The van der Waals surface area contributed by atoms with Gasteiger partial charge in [-0.15, -0.1) is 11.3 Å². The number of thiocarbonyl (C=S) groups is 1. The van der Waals surface area contributed by atoms with Crippen LogP contribution in [-0.2, 0) is 25.5 Å². The number of carbonyl (C=O) groups is 3. The van der Waals surface area contributed by atoms with Crippen molar-refractivity contribution in [1.29, 1.82) is 0 Å². The molecule has 0 bridgehead atoms. The van der Waals surface area contributed by atoms with E-state index in [0.29, 0.717) is 54.5 Å². The molecule has 2 saturated heterocycles. The number of aliphatic carboxylic acids is 1. The fraction of sp³-hybridized carbons (Fsp3) is 0.276. The summed E-state index contributed by atoms with van der Waals surface area (Å²) in [6, 6.07) is 8.77. The van der Waals surface area contributed by atoms with E-state index >= 15 is 0 Å². The third-order valence-corrected chi connectivity index (χ3v) is 8.75. The molecule has 2 aliphatic rings. The molecule has 16 heteroatoms. The van der Waals surface area contributed by atoms with Crippen LogP contribution >= 0.6 is 35.3 Å². The Morgan fingerprint density at radius 1 is 1.13 bits per heavy atom. The molecule has 0 atom stereocenters. The Hall–Kier alpha value is -3.80. The van der Waals surface area contributed by atoms with Crippen molar-refractivity contribution in [3.63, 3.8) is 0 Å². The minimum atomic E-state index is -1.04. The van der Waals surface area contributed by atoms with Gasteiger partial charge in [0.2, 0.25) is 5.91 Å². The number of morpholine rings is 1. The lowest BCUT2D eigenvalue weighted by molar-refractivity contribution is -0.136. The highest BCUT2D eigenvalue weighted by molar-refractivity contribution is 8.26. The molecule has 0 saturated carbocycles. The summed E-state index contributed by atoms with van der Waals surface area (Å²) in [5.74, 6) is -3.50. The fourth-order valence-electron chi connectivity index (χ4n) is 4.42. The Balaban J connectivity index is 1.29. The maximum Gasteiger partial charge on any atom is 0.309 e. The lowest BCUT2D eigenvalue weighted by Gasteiger charge is -2.26. The van der Waals surface area contributed by atoms with Crippen molar-refractivity contribution in [3.05, 3.63) is 69.6 Å². The number of rotatable bonds is 12. The van der Waals surface area contributed by atoms with Crippen molar-refractivity contribution >= 4 is 68.6 Å². The lowest BCUT2D eigenvalue weighted by atomic mass is 10.0. The van der Waals surface area contributed by atoms with E-state index in [1.54, 1.807) is 24.3 Å². The Morgan fingerprint density at radius 2 is 1.89 bits per heavy atom. The second-order valence-electron chi connectivity index (χ2n) is 9.80. The van der Waals surface area contributed by atoms with Gasteiger partial charge in [0, 0.05) is 30.6 Å². The van der Waals surface area contributed by atoms with Crippen LogP contribution in [0, 0.1) is 11.6 Å². The molecule has 2 aliphatic heterocycles. The number of amides is 2. The number of hydrazine groups is 1. The monoisotopic (exact) mass is 675 g/mol. The van der Waals surface area contributed by atoms with E-state index in [1.807, 2.05) is 0 Å². The maximum atomic E-state index is 14.0. The van der Waals surface area contributed by atoms with E-state index in [4.69, 9.17) is 26.8 Å². The Kier molecular flexibility index (Phi) is 10.9. The predicted octanol–water partition coefficient (Wildman–Crippen LogP) is 3.77. The van der Waals surface area contributed by atoms with Crippen LogP contribution in [0.2, 0.25) is 0 Å². The number of nitrogens with one attached hydrogen (secondary N) is 2. The largest absolute Gasteiger partial charge is 0.492 e. The van der Waals surface area contributed by atoms with Gasteiger partial charge >= 0.3 is 5.97 Å². The summed E-state index contributed by atoms with van der Waals surface area (Å²) in [6.45, 7) is 3.65. The van der Waals surface area contributed by atoms with Gasteiger partial charge in [0.15, 0.2) is 21.1 Å². The topological polar surface area (TPSA) is 133 Å². The lowest BCUT2D eigenvalue weighted by Crippen LogP contribution is -2.44. The van der Waals surface area contributed by atoms with E-state index in [9.17, 15) is 23.2 Å². The number of thioether (sulfide) groups is 1. The average Bonchev–Trinajstić information content (AvgIpc) is 3.55. The highest BCUT2D eigenvalue weighted by atomic mass is 32.2. The summed E-state index contributed by atoms with van der Waals surface area (Å²) in [6.07, 6.45) is 1.34. The molecule has 1 aromatic heterocycles. The number of carboxylic acid groups (broad SMARTS) is 1. The van der Waals surface area contributed by atoms with Crippen LogP contribution in [0.25, 0.3) is 17.2 Å². The van der Waals surface area contributed by atoms with Gasteiger partial charge in [0.05, 0.1) is 36.8 Å². The molecular weight excluding hydrogens is 649 g/mol. The zero-order valence-electron chi connectivity index (χ0n) is 23.6. The second-order valence-corrected chi connectivity index (χ2v) is 12.3. The van der Waals surface area contributed by atoms with Crippen LogP contribution in [0.15, 0.2) is 46.7 Å². The highest BCUT2D eigenvalue weighted by Crippen LogP contribution is 2.35. The van der Waals surface area contributed by atoms with Crippen molar-refractivity contribution in [2.45, 2.75) is 6.42 Å². The van der Waals surface area contributed by atoms with Gasteiger partial charge in [-0.05, 0) is 41.5 Å². The van der Waals surface area contributed by atoms with Gasteiger partial charge < -0.3 is 19.9 Å². The number of carbonyl (C=O) groups excluding carboxylic acids is 2. The van der Waals surface area contributed by atoms with Crippen LogP contribution in [0.3, 0.4) is 0 Å². The highest BCUT2D eigenvalue weighted by Gasteiger charge is 2.33. The normalized spacial score (nSPS) is 16.4. The summed E-state index contributed by atoms with van der Waals surface area (Å²) in [4.78, 5) is 43.1. The zero-order chi connectivity index (χ0) is 31.9. The molecule has 0 aliphatic carbocycles. The van der Waals surface area contributed by atoms with Gasteiger partial charge in [-0.2, -0.15) is 0 Å². The molecule has 0 unspecified atom stereocenters. The Bertz CT molecular complexity index is 1650. The molecule has 2 fully saturated rings. The number of ether oxygens (including phenoxy) is 2. The number of aromatic nitrogens is 1. The second kappa shape index (κ2) is 15.0. The molecule has 3 aromatic rings. The Labute approximate surface area is 270 Å². The van der Waals surface area contributed by atoms with E-state index in [0.717, 1.165) is 53.3 Å². The number of hydrogen-bond donors (Lipinski definition) is 3. The van der Waals surface area contributed by atoms with Gasteiger partial charge in [0.25, 0.3) is 5.91 Å². The van der Waals surface area contributed by atoms with Gasteiger partial charge in [0.1, 0.15) is 12.4 Å². The number of anilines is 1. The van der Waals surface area contributed by atoms with Crippen molar-refractivity contribution in [2.75, 3.05) is 51.3 Å². The zero-order valence-corrected chi connectivity index (χ0v) is 26.0. The van der Waals surface area contributed by atoms with E-state index in [2.05, 4.69) is 20.6 Å². The smallest absolute Gasteiger partial charge is 0.309 e. The summed E-state index contributed by atoms with van der Waals surface area (Å²) >= 11 is 7.49. The van der Waals surface area contributed by atoms with Gasteiger partial charge in [-0.3, -0.25) is 19.3 Å². The molecule has 0 spiro atoms. The SMILES string of the molecule is O=C(O)Cc1csc(NC(=O)CNN2C(=O)C(=Cc3cc(-c4ccc(F)c(F)c4)ccc3OCCN3CCOCC3)SC2=S)n1. The number of hydrogen-bond acceptors (Lipinski definition) is 11. The standard InChI is InChI=1S/C29H27F2N5O6S3/c30-21-3-1-18(12-22(21)31)17-2-4-23(42-10-7-35-5-8-41-9-6-35)19(11-17)13-24-27(40)36(29(43)45-24)32-15-25(37)34-28-33-20(16-44-28)14-26(38)39/h1-4,11-13,16,32H,5-10,14-15H2,(H,38,39)(H,33,34,37). The predicted molar refractivity (Wildman–Crippen MR) is 170 cm³/mol. The molecule has 45 heavy (non-hydrogen) atoms. The molecule has 5 rings (SSSR count). The minimum Gasteiger partial charge on any atom is -0.492 e. The third kappa shape index (κ3) is 8.68. The van der Waals surface area contributed by atoms with Crippen LogP contribution in [0.5, 0.6) is 5.75 Å². The molecule has 236 valence electrons. The van der Waals surface area contributed by atoms with Crippen molar-refractivity contribution < 1.29 is 37.7 Å².